The van der Waals surface area contributed by atoms with Gasteiger partial charge in [0, 0.05) is 17.6 Å². The Kier molecular flexibility index (Phi) is 5.22. The van der Waals surface area contributed by atoms with Gasteiger partial charge in [-0.3, -0.25) is 19.8 Å². The molecule has 2 aromatic carbocycles. The summed E-state index contributed by atoms with van der Waals surface area (Å²) in [5.41, 5.74) is 2.75. The lowest BCUT2D eigenvalue weighted by Gasteiger charge is -2.29. The van der Waals surface area contributed by atoms with Gasteiger partial charge in [-0.1, -0.05) is 18.2 Å². The summed E-state index contributed by atoms with van der Waals surface area (Å²) in [7, 11) is 0. The molecule has 0 saturated carbocycles. The fourth-order valence-corrected chi connectivity index (χ4v) is 3.62. The van der Waals surface area contributed by atoms with Crippen molar-refractivity contribution in [2.75, 3.05) is 4.90 Å². The number of aromatic nitrogens is 1. The SMILES string of the molecule is Cc1cccc(-n2cccc2C=C2C(=O)NC(=S)N(c3cccc(C(=O)O)c3)C2=O)c1. The predicted molar refractivity (Wildman–Crippen MR) is 120 cm³/mol. The third-order valence-electron chi connectivity index (χ3n) is 4.81. The van der Waals surface area contributed by atoms with Crippen LogP contribution >= 0.6 is 12.2 Å². The molecule has 1 saturated heterocycles. The minimum atomic E-state index is -1.13. The van der Waals surface area contributed by atoms with Crippen molar-refractivity contribution in [1.82, 2.24) is 9.88 Å². The number of aromatic carboxylic acids is 1. The Bertz CT molecular complexity index is 1280. The van der Waals surface area contributed by atoms with E-state index in [-0.39, 0.29) is 21.9 Å². The van der Waals surface area contributed by atoms with Crippen molar-refractivity contribution in [2.24, 2.45) is 0 Å². The van der Waals surface area contributed by atoms with Crippen LogP contribution in [0.2, 0.25) is 0 Å². The first-order chi connectivity index (χ1) is 14.8. The molecule has 1 aliphatic heterocycles. The van der Waals surface area contributed by atoms with E-state index in [1.54, 1.807) is 12.1 Å². The minimum Gasteiger partial charge on any atom is -0.478 e. The van der Waals surface area contributed by atoms with Gasteiger partial charge in [-0.05, 0) is 73.2 Å². The number of hydrogen-bond donors (Lipinski definition) is 2. The highest BCUT2D eigenvalue weighted by atomic mass is 32.1. The Labute approximate surface area is 183 Å². The van der Waals surface area contributed by atoms with Crippen molar-refractivity contribution in [2.45, 2.75) is 6.92 Å². The molecule has 1 fully saturated rings. The van der Waals surface area contributed by atoms with E-state index in [4.69, 9.17) is 12.2 Å². The highest BCUT2D eigenvalue weighted by Gasteiger charge is 2.35. The molecule has 2 amide bonds. The van der Waals surface area contributed by atoms with E-state index in [9.17, 15) is 19.5 Å². The van der Waals surface area contributed by atoms with E-state index in [0.29, 0.717) is 5.69 Å². The summed E-state index contributed by atoms with van der Waals surface area (Å²) in [5, 5.41) is 11.6. The zero-order valence-corrected chi connectivity index (χ0v) is 17.2. The number of carbonyl (C=O) groups is 3. The summed E-state index contributed by atoms with van der Waals surface area (Å²) < 4.78 is 1.86. The number of rotatable bonds is 4. The maximum atomic E-state index is 13.2. The Morgan fingerprint density at radius 1 is 1.03 bits per heavy atom. The summed E-state index contributed by atoms with van der Waals surface area (Å²) in [6, 6.07) is 17.2. The molecule has 154 valence electrons. The van der Waals surface area contributed by atoms with Crippen LogP contribution in [0.15, 0.2) is 72.4 Å². The van der Waals surface area contributed by atoms with E-state index in [1.165, 1.54) is 24.3 Å². The van der Waals surface area contributed by atoms with Gasteiger partial charge in [-0.15, -0.1) is 0 Å². The van der Waals surface area contributed by atoms with Crippen LogP contribution < -0.4 is 10.2 Å². The fourth-order valence-electron chi connectivity index (χ4n) is 3.34. The van der Waals surface area contributed by atoms with Gasteiger partial charge in [0.25, 0.3) is 11.8 Å². The summed E-state index contributed by atoms with van der Waals surface area (Å²) in [6.45, 7) is 1.98. The first kappa shape index (κ1) is 20.2. The lowest BCUT2D eigenvalue weighted by molar-refractivity contribution is -0.122. The van der Waals surface area contributed by atoms with E-state index < -0.39 is 17.8 Å². The summed E-state index contributed by atoms with van der Waals surface area (Å²) >= 11 is 5.18. The number of nitrogens with one attached hydrogen (secondary N) is 1. The molecule has 0 radical (unpaired) electrons. The number of carbonyl (C=O) groups excluding carboxylic acids is 2. The van der Waals surface area contributed by atoms with E-state index in [2.05, 4.69) is 5.32 Å². The second-order valence-electron chi connectivity index (χ2n) is 6.96. The zero-order valence-electron chi connectivity index (χ0n) is 16.4. The molecule has 1 aromatic heterocycles. The maximum absolute atomic E-state index is 13.2. The van der Waals surface area contributed by atoms with Gasteiger partial charge in [0.05, 0.1) is 11.3 Å². The van der Waals surface area contributed by atoms with Crippen LogP contribution in [-0.2, 0) is 9.59 Å². The maximum Gasteiger partial charge on any atom is 0.335 e. The smallest absolute Gasteiger partial charge is 0.335 e. The zero-order chi connectivity index (χ0) is 22.1. The van der Waals surface area contributed by atoms with Gasteiger partial charge < -0.3 is 9.67 Å². The minimum absolute atomic E-state index is 0.00357. The van der Waals surface area contributed by atoms with Crippen LogP contribution in [0.4, 0.5) is 5.69 Å². The fraction of sp³-hybridized carbons (Fsp3) is 0.0435. The normalized spacial score (nSPS) is 15.3. The van der Waals surface area contributed by atoms with Crippen LogP contribution in [0.5, 0.6) is 0 Å². The Balaban J connectivity index is 1.75. The van der Waals surface area contributed by atoms with Crippen molar-refractivity contribution in [3.8, 4) is 5.69 Å². The number of carboxylic acid groups (broad SMARTS) is 1. The van der Waals surface area contributed by atoms with Crippen LogP contribution in [0.3, 0.4) is 0 Å². The van der Waals surface area contributed by atoms with Gasteiger partial charge in [-0.2, -0.15) is 0 Å². The van der Waals surface area contributed by atoms with Gasteiger partial charge in [0.2, 0.25) is 0 Å². The number of hydrogen-bond acceptors (Lipinski definition) is 4. The number of anilines is 1. The molecule has 0 atom stereocenters. The molecule has 31 heavy (non-hydrogen) atoms. The third-order valence-corrected chi connectivity index (χ3v) is 5.09. The van der Waals surface area contributed by atoms with Gasteiger partial charge in [0.1, 0.15) is 5.57 Å². The van der Waals surface area contributed by atoms with E-state index >= 15 is 0 Å². The Morgan fingerprint density at radius 3 is 2.52 bits per heavy atom. The van der Waals surface area contributed by atoms with Gasteiger partial charge >= 0.3 is 5.97 Å². The van der Waals surface area contributed by atoms with Crippen LogP contribution in [0.25, 0.3) is 11.8 Å². The van der Waals surface area contributed by atoms with Crippen LogP contribution in [0.1, 0.15) is 21.6 Å². The Morgan fingerprint density at radius 2 is 1.77 bits per heavy atom. The molecule has 2 N–H and O–H groups in total. The molecule has 7 nitrogen and oxygen atoms in total. The van der Waals surface area contributed by atoms with Gasteiger partial charge in [-0.25, -0.2) is 4.79 Å². The first-order valence-electron chi connectivity index (χ1n) is 9.34. The van der Waals surface area contributed by atoms with E-state index in [1.807, 2.05) is 48.0 Å². The Hall–Kier alpha value is -4.04. The molecule has 1 aliphatic rings. The molecule has 0 bridgehead atoms. The lowest BCUT2D eigenvalue weighted by Crippen LogP contribution is -2.54. The molecular formula is C23H17N3O4S. The monoisotopic (exact) mass is 431 g/mol. The van der Waals surface area contributed by atoms with E-state index in [0.717, 1.165) is 16.2 Å². The number of amides is 2. The molecular weight excluding hydrogens is 414 g/mol. The molecule has 0 aliphatic carbocycles. The second-order valence-corrected chi connectivity index (χ2v) is 7.34. The van der Waals surface area contributed by atoms with Crippen LogP contribution in [-0.4, -0.2) is 32.6 Å². The van der Waals surface area contributed by atoms with Crippen LogP contribution in [0, 0.1) is 6.92 Å². The number of carboxylic acids is 1. The number of aryl methyl sites for hydroxylation is 1. The molecule has 3 aromatic rings. The largest absolute Gasteiger partial charge is 0.478 e. The summed E-state index contributed by atoms with van der Waals surface area (Å²) in [6.07, 6.45) is 3.33. The van der Waals surface area contributed by atoms with Gasteiger partial charge in [0.15, 0.2) is 5.11 Å². The number of thiocarbonyl (C=S) groups is 1. The standard InChI is InChI=1S/C23H17N3O4S/c1-14-5-2-7-16(11-14)25-10-4-9-17(25)13-19-20(27)24-23(31)26(21(19)28)18-8-3-6-15(12-18)22(29)30/h2-13H,1H3,(H,29,30)(H,24,27,31). The molecule has 0 unspecified atom stereocenters. The van der Waals surface area contributed by atoms with Crippen molar-refractivity contribution in [3.63, 3.8) is 0 Å². The molecule has 0 spiro atoms. The number of nitrogens with zero attached hydrogens (tertiary/aromatic N) is 2. The average molecular weight is 431 g/mol. The van der Waals surface area contributed by atoms with Crippen molar-refractivity contribution >= 4 is 46.9 Å². The summed E-state index contributed by atoms with van der Waals surface area (Å²) in [5.74, 6) is -2.38. The first-order valence-corrected chi connectivity index (χ1v) is 9.75. The second kappa shape index (κ2) is 8.00. The molecule has 2 heterocycles. The summed E-state index contributed by atoms with van der Waals surface area (Å²) in [4.78, 5) is 38.2. The third kappa shape index (κ3) is 3.88. The molecule has 8 heteroatoms. The molecule has 4 rings (SSSR count). The van der Waals surface area contributed by atoms with Crippen molar-refractivity contribution in [1.29, 1.82) is 0 Å². The topological polar surface area (TPSA) is 91.6 Å². The average Bonchev–Trinajstić information content (AvgIpc) is 3.19. The lowest BCUT2D eigenvalue weighted by atomic mass is 10.1. The highest BCUT2D eigenvalue weighted by Crippen LogP contribution is 2.24. The predicted octanol–water partition coefficient (Wildman–Crippen LogP) is 3.32. The highest BCUT2D eigenvalue weighted by molar-refractivity contribution is 7.80. The quantitative estimate of drug-likeness (QED) is 0.376. The van der Waals surface area contributed by atoms with Crippen molar-refractivity contribution in [3.05, 3.63) is 89.3 Å². The van der Waals surface area contributed by atoms with Crippen molar-refractivity contribution < 1.29 is 19.5 Å². The number of benzene rings is 2.